The minimum atomic E-state index is -5.10. The zero-order valence-electron chi connectivity index (χ0n) is 21.2. The number of nitrogens with zero attached hydrogens (tertiary/aromatic N) is 3. The summed E-state index contributed by atoms with van der Waals surface area (Å²) in [5, 5.41) is 18.3. The molecule has 2 aromatic rings. The van der Waals surface area contributed by atoms with Gasteiger partial charge < -0.3 is 30.8 Å². The molecule has 1 heterocycles. The molecule has 1 saturated heterocycles. The first-order valence-corrected chi connectivity index (χ1v) is 13.7. The van der Waals surface area contributed by atoms with E-state index in [9.17, 15) is 27.9 Å². The van der Waals surface area contributed by atoms with E-state index in [2.05, 4.69) is 10.4 Å². The fraction of sp³-hybridized carbons (Fsp3) is 0.440. The second-order valence-electron chi connectivity index (χ2n) is 9.26. The number of benzene rings is 2. The van der Waals surface area contributed by atoms with Crippen LogP contribution in [0.3, 0.4) is 0 Å². The van der Waals surface area contributed by atoms with Crippen LogP contribution in [-0.4, -0.2) is 91.2 Å². The molecule has 12 nitrogen and oxygen atoms in total. The Morgan fingerprint density at radius 2 is 1.97 bits per heavy atom. The first kappa shape index (κ1) is 27.5. The molecule has 2 atom stereocenters. The number of likely N-dealkylation sites (N-methyl/N-ethyl adjacent to an activating group) is 1. The number of nitrogens with one attached hydrogen (secondary N) is 1. The maximum atomic E-state index is 14.6. The van der Waals surface area contributed by atoms with Gasteiger partial charge in [0.2, 0.25) is 15.7 Å². The van der Waals surface area contributed by atoms with Gasteiger partial charge in [0, 0.05) is 38.2 Å². The monoisotopic (exact) mass is 545 g/mol. The minimum absolute atomic E-state index is 0.163. The summed E-state index contributed by atoms with van der Waals surface area (Å²) in [5.41, 5.74) is 0.309. The summed E-state index contributed by atoms with van der Waals surface area (Å²) in [6, 6.07) is 8.62. The normalized spacial score (nSPS) is 19.7. The summed E-state index contributed by atoms with van der Waals surface area (Å²) >= 11 is 0. The Morgan fingerprint density at radius 3 is 2.55 bits per heavy atom. The summed E-state index contributed by atoms with van der Waals surface area (Å²) in [5.74, 6) is 1.36. The first-order valence-electron chi connectivity index (χ1n) is 12.3. The lowest BCUT2D eigenvalue weighted by Gasteiger charge is -2.42. The van der Waals surface area contributed by atoms with Crippen molar-refractivity contribution in [3.8, 4) is 0 Å². The van der Waals surface area contributed by atoms with Crippen molar-refractivity contribution >= 4 is 44.6 Å². The van der Waals surface area contributed by atoms with Crippen molar-refractivity contribution < 1.29 is 32.6 Å². The van der Waals surface area contributed by atoms with Crippen molar-refractivity contribution in [1.29, 1.82) is 0 Å². The van der Waals surface area contributed by atoms with E-state index in [1.807, 2.05) is 0 Å². The van der Waals surface area contributed by atoms with E-state index in [4.69, 9.17) is 10.6 Å². The number of morpholine rings is 1. The number of amides is 2. The predicted octanol–water partition coefficient (Wildman–Crippen LogP) is 0.492. The molecule has 2 aliphatic rings. The smallest absolute Gasteiger partial charge is 0.356 e. The maximum absolute atomic E-state index is 14.6. The minimum Gasteiger partial charge on any atom is -0.478 e. The molecule has 2 aromatic carbocycles. The van der Waals surface area contributed by atoms with E-state index >= 15 is 0 Å². The van der Waals surface area contributed by atoms with Gasteiger partial charge in [-0.25, -0.2) is 13.2 Å². The summed E-state index contributed by atoms with van der Waals surface area (Å²) in [6.45, 7) is 2.41. The highest BCUT2D eigenvalue weighted by Crippen LogP contribution is 2.41. The third kappa shape index (κ3) is 4.50. The number of hydrogen-bond acceptors (Lipinski definition) is 9. The van der Waals surface area contributed by atoms with Crippen LogP contribution in [0.15, 0.2) is 46.4 Å². The van der Waals surface area contributed by atoms with Crippen LogP contribution in [0.5, 0.6) is 0 Å². The van der Waals surface area contributed by atoms with Crippen LogP contribution in [0.2, 0.25) is 0 Å². The van der Waals surface area contributed by atoms with Crippen molar-refractivity contribution in [3.63, 3.8) is 0 Å². The number of hydrogen-bond donors (Lipinski definition) is 3. The second-order valence-corrected chi connectivity index (χ2v) is 11.3. The molecular weight excluding hydrogens is 514 g/mol. The molecule has 0 aromatic heterocycles. The Morgan fingerprint density at radius 1 is 1.26 bits per heavy atom. The van der Waals surface area contributed by atoms with E-state index < -0.39 is 49.7 Å². The Balaban J connectivity index is 2.01. The Bertz CT molecular complexity index is 1390. The van der Waals surface area contributed by atoms with Crippen LogP contribution in [0.4, 0.5) is 0 Å². The molecule has 204 valence electrons. The molecule has 13 heteroatoms. The van der Waals surface area contributed by atoms with E-state index in [-0.39, 0.29) is 19.6 Å². The van der Waals surface area contributed by atoms with E-state index in [0.29, 0.717) is 35.7 Å². The Hall–Kier alpha value is -3.55. The SMILES string of the molecule is CCC(=O)N(C1CC1)C(C(=O)O)(C(=O)N(C)C1CNCCO1)S(=O)(=O)c1cc(C=NN)c2ccccc2c1. The van der Waals surface area contributed by atoms with Crippen molar-refractivity contribution in [3.05, 3.63) is 42.0 Å². The molecule has 2 amide bonds. The molecule has 2 unspecified atom stereocenters. The summed E-state index contributed by atoms with van der Waals surface area (Å²) < 4.78 is 34.8. The molecule has 38 heavy (non-hydrogen) atoms. The average Bonchev–Trinajstić information content (AvgIpc) is 3.75. The third-order valence-corrected chi connectivity index (χ3v) is 9.02. The number of carboxylic acids is 1. The zero-order valence-corrected chi connectivity index (χ0v) is 22.0. The number of ether oxygens (including phenoxy) is 1. The van der Waals surface area contributed by atoms with Crippen LogP contribution in [0.25, 0.3) is 10.8 Å². The van der Waals surface area contributed by atoms with Crippen molar-refractivity contribution in [1.82, 2.24) is 15.1 Å². The molecule has 1 saturated carbocycles. The zero-order chi connectivity index (χ0) is 27.7. The summed E-state index contributed by atoms with van der Waals surface area (Å²) in [6.07, 6.45) is 0.867. The van der Waals surface area contributed by atoms with E-state index in [1.54, 1.807) is 24.3 Å². The topological polar surface area (TPSA) is 172 Å². The van der Waals surface area contributed by atoms with Crippen molar-refractivity contribution in [2.75, 3.05) is 26.7 Å². The highest BCUT2D eigenvalue weighted by Gasteiger charge is 2.68. The predicted molar refractivity (Wildman–Crippen MR) is 139 cm³/mol. The first-order chi connectivity index (χ1) is 18.1. The van der Waals surface area contributed by atoms with Gasteiger partial charge in [-0.05, 0) is 35.7 Å². The van der Waals surface area contributed by atoms with Crippen molar-refractivity contribution in [2.45, 2.75) is 48.2 Å². The van der Waals surface area contributed by atoms with Gasteiger partial charge in [-0.1, -0.05) is 31.2 Å². The van der Waals surface area contributed by atoms with Gasteiger partial charge in [0.25, 0.3) is 5.91 Å². The van der Waals surface area contributed by atoms with Gasteiger partial charge in [-0.15, -0.1) is 0 Å². The highest BCUT2D eigenvalue weighted by atomic mass is 32.2. The lowest BCUT2D eigenvalue weighted by atomic mass is 10.1. The number of fused-ring (bicyclic) bond motifs is 1. The van der Waals surface area contributed by atoms with Crippen LogP contribution < -0.4 is 11.2 Å². The van der Waals surface area contributed by atoms with E-state index in [1.165, 1.54) is 32.3 Å². The summed E-state index contributed by atoms with van der Waals surface area (Å²) in [4.78, 5) is 38.7. The highest BCUT2D eigenvalue weighted by molar-refractivity contribution is 7.94. The molecule has 4 N–H and O–H groups in total. The summed E-state index contributed by atoms with van der Waals surface area (Å²) in [7, 11) is -3.82. The number of carbonyl (C=O) groups is 3. The molecule has 0 radical (unpaired) electrons. The van der Waals surface area contributed by atoms with Gasteiger partial charge in [0.15, 0.2) is 0 Å². The number of carbonyl (C=O) groups excluding carboxylic acids is 2. The molecule has 1 aliphatic heterocycles. The number of sulfone groups is 1. The number of aliphatic carboxylic acids is 1. The second kappa shape index (κ2) is 10.7. The van der Waals surface area contributed by atoms with Gasteiger partial charge in [-0.2, -0.15) is 5.10 Å². The molecule has 2 fully saturated rings. The fourth-order valence-electron chi connectivity index (χ4n) is 4.79. The molecule has 4 rings (SSSR count). The Labute approximate surface area is 220 Å². The van der Waals surface area contributed by atoms with Crippen LogP contribution in [0, 0.1) is 0 Å². The fourth-order valence-corrected chi connectivity index (χ4v) is 6.81. The number of nitrogens with two attached hydrogens (primary N) is 1. The van der Waals surface area contributed by atoms with Crippen LogP contribution in [0.1, 0.15) is 31.7 Å². The standard InChI is InChI=1S/C25H31N5O7S/c1-3-21(31)30(18-8-9-18)25(24(33)34,23(32)29(2)22-15-27-10-11-37-22)38(35,36)19-12-16-6-4-5-7-20(16)17(13-19)14-28-26/h4-7,12-14,18,22,27H,3,8-11,15,26H2,1-2H3,(H,33,34). The lowest BCUT2D eigenvalue weighted by molar-refractivity contribution is -0.169. The largest absolute Gasteiger partial charge is 0.478 e. The van der Waals surface area contributed by atoms with Gasteiger partial charge in [0.05, 0.1) is 17.7 Å². The van der Waals surface area contributed by atoms with Gasteiger partial charge in [0.1, 0.15) is 6.23 Å². The molecule has 0 spiro atoms. The maximum Gasteiger partial charge on any atom is 0.356 e. The third-order valence-electron chi connectivity index (χ3n) is 6.84. The molecule has 0 bridgehead atoms. The number of rotatable bonds is 9. The van der Waals surface area contributed by atoms with E-state index in [0.717, 1.165) is 9.80 Å². The van der Waals surface area contributed by atoms with Gasteiger partial charge >= 0.3 is 10.8 Å². The number of carboxylic acid groups (broad SMARTS) is 1. The number of hydrazone groups is 1. The van der Waals surface area contributed by atoms with Crippen LogP contribution >= 0.6 is 0 Å². The quantitative estimate of drug-likeness (QED) is 0.175. The van der Waals surface area contributed by atoms with Crippen LogP contribution in [-0.2, 0) is 29.0 Å². The lowest BCUT2D eigenvalue weighted by Crippen LogP contribution is -2.71. The Kier molecular flexibility index (Phi) is 7.72. The van der Waals surface area contributed by atoms with Crippen molar-refractivity contribution in [2.24, 2.45) is 10.9 Å². The molecular formula is C25H31N5O7S. The average molecular weight is 546 g/mol. The van der Waals surface area contributed by atoms with Gasteiger partial charge in [-0.3, -0.25) is 9.59 Å². The molecule has 1 aliphatic carbocycles.